The monoisotopic (exact) mass is 364 g/mol. The van der Waals surface area contributed by atoms with Crippen LogP contribution in [0.25, 0.3) is 11.0 Å². The third-order valence-electron chi connectivity index (χ3n) is 5.14. The van der Waals surface area contributed by atoms with Crippen LogP contribution in [0.15, 0.2) is 48.5 Å². The Bertz CT molecular complexity index is 896. The molecule has 0 radical (unpaired) electrons. The van der Waals surface area contributed by atoms with E-state index in [1.807, 2.05) is 48.5 Å². The van der Waals surface area contributed by atoms with Gasteiger partial charge in [-0.25, -0.2) is 4.98 Å². The fourth-order valence-electron chi connectivity index (χ4n) is 3.63. The molecule has 27 heavy (non-hydrogen) atoms. The van der Waals surface area contributed by atoms with Crippen LogP contribution in [0.3, 0.4) is 0 Å². The van der Waals surface area contributed by atoms with E-state index in [-0.39, 0.29) is 11.8 Å². The van der Waals surface area contributed by atoms with Gasteiger partial charge in [-0.15, -0.1) is 0 Å². The summed E-state index contributed by atoms with van der Waals surface area (Å²) >= 11 is 0. The maximum absolute atomic E-state index is 12.6. The number of aromatic nitrogens is 2. The molecule has 6 heteroatoms. The number of fused-ring (bicyclic) bond motifs is 1. The van der Waals surface area contributed by atoms with E-state index in [1.165, 1.54) is 0 Å². The third-order valence-corrected chi connectivity index (χ3v) is 5.14. The molecule has 3 aromatic rings. The third kappa shape index (κ3) is 3.95. The van der Waals surface area contributed by atoms with Gasteiger partial charge in [0.05, 0.1) is 30.4 Å². The number of aromatic amines is 1. The van der Waals surface area contributed by atoms with E-state index in [1.54, 1.807) is 7.11 Å². The van der Waals surface area contributed by atoms with Crippen molar-refractivity contribution in [2.75, 3.05) is 25.5 Å². The van der Waals surface area contributed by atoms with Crippen LogP contribution >= 0.6 is 0 Å². The summed E-state index contributed by atoms with van der Waals surface area (Å²) in [5.41, 5.74) is 2.80. The van der Waals surface area contributed by atoms with Crippen molar-refractivity contribution in [2.45, 2.75) is 19.4 Å². The molecule has 0 aliphatic carbocycles. The molecule has 2 aromatic carbocycles. The Balaban J connectivity index is 1.32. The number of piperidine rings is 1. The smallest absolute Gasteiger partial charge is 0.227 e. The summed E-state index contributed by atoms with van der Waals surface area (Å²) in [5, 5.41) is 3.01. The van der Waals surface area contributed by atoms with E-state index in [0.29, 0.717) is 5.75 Å². The van der Waals surface area contributed by atoms with Crippen LogP contribution in [0.5, 0.6) is 5.75 Å². The molecule has 1 fully saturated rings. The van der Waals surface area contributed by atoms with Crippen LogP contribution in [0.2, 0.25) is 0 Å². The molecule has 2 N–H and O–H groups in total. The Kier molecular flexibility index (Phi) is 5.07. The lowest BCUT2D eigenvalue weighted by Gasteiger charge is -2.30. The fraction of sp³-hybridized carbons (Fsp3) is 0.333. The number of imidazole rings is 1. The Morgan fingerprint density at radius 2 is 1.93 bits per heavy atom. The number of amides is 1. The Morgan fingerprint density at radius 3 is 2.70 bits per heavy atom. The van der Waals surface area contributed by atoms with Crippen LogP contribution in [-0.2, 0) is 11.3 Å². The van der Waals surface area contributed by atoms with Crippen molar-refractivity contribution in [2.24, 2.45) is 5.92 Å². The predicted molar refractivity (Wildman–Crippen MR) is 106 cm³/mol. The first-order valence-electron chi connectivity index (χ1n) is 9.33. The fourth-order valence-corrected chi connectivity index (χ4v) is 3.63. The number of anilines is 1. The SMILES string of the molecule is COc1ccccc1NC(=O)C1CCN(Cc2nc3ccccc3[nH]2)CC1. The first-order valence-corrected chi connectivity index (χ1v) is 9.33. The number of H-pyrrole nitrogens is 1. The van der Waals surface area contributed by atoms with E-state index in [4.69, 9.17) is 4.74 Å². The van der Waals surface area contributed by atoms with Gasteiger partial charge in [0.15, 0.2) is 0 Å². The number of carbonyl (C=O) groups excluding carboxylic acids is 1. The lowest BCUT2D eigenvalue weighted by molar-refractivity contribution is -0.121. The van der Waals surface area contributed by atoms with Gasteiger partial charge in [0.1, 0.15) is 11.6 Å². The number of hydrogen-bond acceptors (Lipinski definition) is 4. The van der Waals surface area contributed by atoms with Crippen molar-refractivity contribution in [1.82, 2.24) is 14.9 Å². The van der Waals surface area contributed by atoms with E-state index in [2.05, 4.69) is 20.2 Å². The van der Waals surface area contributed by atoms with Gasteiger partial charge in [0, 0.05) is 5.92 Å². The zero-order chi connectivity index (χ0) is 18.6. The maximum atomic E-state index is 12.6. The summed E-state index contributed by atoms with van der Waals surface area (Å²) < 4.78 is 5.31. The summed E-state index contributed by atoms with van der Waals surface area (Å²) in [6.45, 7) is 2.57. The molecule has 0 saturated carbocycles. The number of ether oxygens (including phenoxy) is 1. The minimum atomic E-state index is 0.0295. The molecule has 1 amide bonds. The summed E-state index contributed by atoms with van der Waals surface area (Å²) in [4.78, 5) is 23.0. The average Bonchev–Trinajstić information content (AvgIpc) is 3.11. The molecule has 2 heterocycles. The van der Waals surface area contributed by atoms with Crippen molar-refractivity contribution in [3.63, 3.8) is 0 Å². The summed E-state index contributed by atoms with van der Waals surface area (Å²) in [7, 11) is 1.61. The van der Waals surface area contributed by atoms with Gasteiger partial charge in [-0.1, -0.05) is 24.3 Å². The Hall–Kier alpha value is -2.86. The second-order valence-corrected chi connectivity index (χ2v) is 6.94. The van der Waals surface area contributed by atoms with Gasteiger partial charge in [-0.2, -0.15) is 0 Å². The molecule has 4 rings (SSSR count). The van der Waals surface area contributed by atoms with Crippen LogP contribution in [0.1, 0.15) is 18.7 Å². The van der Waals surface area contributed by atoms with Crippen molar-refractivity contribution in [3.05, 3.63) is 54.4 Å². The number of para-hydroxylation sites is 4. The van der Waals surface area contributed by atoms with Crippen LogP contribution < -0.4 is 10.1 Å². The van der Waals surface area contributed by atoms with Gasteiger partial charge in [0.25, 0.3) is 0 Å². The number of likely N-dealkylation sites (tertiary alicyclic amines) is 1. The van der Waals surface area contributed by atoms with E-state index < -0.39 is 0 Å². The highest BCUT2D eigenvalue weighted by molar-refractivity contribution is 5.94. The van der Waals surface area contributed by atoms with Gasteiger partial charge in [0.2, 0.25) is 5.91 Å². The van der Waals surface area contributed by atoms with Crippen molar-refractivity contribution in [1.29, 1.82) is 0 Å². The van der Waals surface area contributed by atoms with E-state index in [0.717, 1.165) is 55.0 Å². The number of methoxy groups -OCH3 is 1. The van der Waals surface area contributed by atoms with Crippen molar-refractivity contribution >= 4 is 22.6 Å². The minimum absolute atomic E-state index is 0.0295. The molecule has 1 aliphatic heterocycles. The standard InChI is InChI=1S/C21H24N4O2/c1-27-19-9-5-4-8-18(19)24-21(26)15-10-12-25(13-11-15)14-20-22-16-6-2-3-7-17(16)23-20/h2-9,15H,10-14H2,1H3,(H,22,23)(H,24,26). The van der Waals surface area contributed by atoms with Gasteiger partial charge in [-0.05, 0) is 50.2 Å². The zero-order valence-corrected chi connectivity index (χ0v) is 15.4. The normalized spacial score (nSPS) is 15.7. The first kappa shape index (κ1) is 17.5. The predicted octanol–water partition coefficient (Wildman–Crippen LogP) is 3.42. The summed E-state index contributed by atoms with van der Waals surface area (Å²) in [6.07, 6.45) is 1.70. The molecular formula is C21H24N4O2. The topological polar surface area (TPSA) is 70.2 Å². The molecule has 1 saturated heterocycles. The number of carbonyl (C=O) groups is 1. The molecule has 1 aromatic heterocycles. The Labute approximate surface area is 158 Å². The second-order valence-electron chi connectivity index (χ2n) is 6.94. The molecule has 1 aliphatic rings. The van der Waals surface area contributed by atoms with Gasteiger partial charge in [-0.3, -0.25) is 9.69 Å². The molecule has 0 atom stereocenters. The summed E-state index contributed by atoms with van der Waals surface area (Å²) in [6, 6.07) is 15.6. The average molecular weight is 364 g/mol. The van der Waals surface area contributed by atoms with E-state index >= 15 is 0 Å². The molecule has 0 bridgehead atoms. The highest BCUT2D eigenvalue weighted by atomic mass is 16.5. The minimum Gasteiger partial charge on any atom is -0.495 e. The molecule has 140 valence electrons. The summed E-state index contributed by atoms with van der Waals surface area (Å²) in [5.74, 6) is 1.77. The van der Waals surface area contributed by atoms with E-state index in [9.17, 15) is 4.79 Å². The van der Waals surface area contributed by atoms with Crippen LogP contribution in [0, 0.1) is 5.92 Å². The quantitative estimate of drug-likeness (QED) is 0.728. The molecule has 6 nitrogen and oxygen atoms in total. The maximum Gasteiger partial charge on any atom is 0.227 e. The van der Waals surface area contributed by atoms with Crippen molar-refractivity contribution in [3.8, 4) is 5.75 Å². The first-order chi connectivity index (χ1) is 13.2. The molecule has 0 spiro atoms. The number of benzene rings is 2. The van der Waals surface area contributed by atoms with Crippen molar-refractivity contribution < 1.29 is 9.53 Å². The second kappa shape index (κ2) is 7.80. The highest BCUT2D eigenvalue weighted by Gasteiger charge is 2.26. The van der Waals surface area contributed by atoms with Gasteiger partial charge < -0.3 is 15.0 Å². The number of rotatable bonds is 5. The lowest BCUT2D eigenvalue weighted by Crippen LogP contribution is -2.38. The largest absolute Gasteiger partial charge is 0.495 e. The zero-order valence-electron chi connectivity index (χ0n) is 15.4. The number of nitrogens with zero attached hydrogens (tertiary/aromatic N) is 2. The number of hydrogen-bond donors (Lipinski definition) is 2. The van der Waals surface area contributed by atoms with Gasteiger partial charge >= 0.3 is 0 Å². The van der Waals surface area contributed by atoms with Crippen LogP contribution in [0.4, 0.5) is 5.69 Å². The number of nitrogens with one attached hydrogen (secondary N) is 2. The Morgan fingerprint density at radius 1 is 1.19 bits per heavy atom. The molecular weight excluding hydrogens is 340 g/mol. The highest BCUT2D eigenvalue weighted by Crippen LogP contribution is 2.26. The molecule has 0 unspecified atom stereocenters. The lowest BCUT2D eigenvalue weighted by atomic mass is 9.95. The van der Waals surface area contributed by atoms with Crippen LogP contribution in [-0.4, -0.2) is 41.0 Å².